The van der Waals surface area contributed by atoms with Crippen molar-refractivity contribution in [1.82, 2.24) is 4.90 Å². The van der Waals surface area contributed by atoms with Crippen LogP contribution < -0.4 is 5.01 Å². The molecule has 0 aromatic heterocycles. The van der Waals surface area contributed by atoms with Gasteiger partial charge in [-0.25, -0.2) is 13.6 Å². The summed E-state index contributed by atoms with van der Waals surface area (Å²) in [7, 11) is 1.41. The molecular weight excluding hydrogens is 344 g/mol. The highest BCUT2D eigenvalue weighted by molar-refractivity contribution is 5.91. The second-order valence-electron chi connectivity index (χ2n) is 7.06. The molecule has 1 rings (SSSR count). The summed E-state index contributed by atoms with van der Waals surface area (Å²) in [5.41, 5.74) is -1.50. The van der Waals surface area contributed by atoms with Crippen LogP contribution in [0.3, 0.4) is 0 Å². The van der Waals surface area contributed by atoms with Gasteiger partial charge in [0, 0.05) is 19.2 Å². The first-order valence-electron chi connectivity index (χ1n) is 8.12. The van der Waals surface area contributed by atoms with Gasteiger partial charge in [0.05, 0.1) is 11.3 Å². The SMILES string of the molecule is C/C(=N/N(C)c1cc(F)c(C(=O)OC(C)(C)C)cc1F)N(C=O)C(C)C. The van der Waals surface area contributed by atoms with Gasteiger partial charge < -0.3 is 4.74 Å². The fraction of sp³-hybridized carbons (Fsp3) is 0.500. The van der Waals surface area contributed by atoms with Crippen LogP contribution in [0.15, 0.2) is 17.2 Å². The summed E-state index contributed by atoms with van der Waals surface area (Å²) in [5, 5.41) is 5.20. The lowest BCUT2D eigenvalue weighted by atomic mass is 10.1. The van der Waals surface area contributed by atoms with Crippen molar-refractivity contribution in [3.8, 4) is 0 Å². The summed E-state index contributed by atoms with van der Waals surface area (Å²) in [6.07, 6.45) is 0.611. The molecule has 1 aromatic rings. The van der Waals surface area contributed by atoms with Gasteiger partial charge >= 0.3 is 5.97 Å². The molecule has 1 aromatic carbocycles. The number of carbonyl (C=O) groups excluding carboxylic acids is 2. The van der Waals surface area contributed by atoms with Crippen LogP contribution in [0.25, 0.3) is 0 Å². The Kier molecular flexibility index (Phi) is 6.83. The summed E-state index contributed by atoms with van der Waals surface area (Å²) in [4.78, 5) is 24.4. The average molecular weight is 369 g/mol. The average Bonchev–Trinajstić information content (AvgIpc) is 2.47. The lowest BCUT2D eigenvalue weighted by molar-refractivity contribution is -0.115. The standard InChI is InChI=1S/C18H25F2N3O3/c1-11(2)23(10-24)12(3)21-22(7)16-9-14(19)13(8-15(16)20)17(25)26-18(4,5)6/h8-11H,1-7H3/b21-12-. The molecule has 0 bridgehead atoms. The summed E-state index contributed by atoms with van der Waals surface area (Å²) in [6, 6.07) is 1.51. The van der Waals surface area contributed by atoms with Crippen LogP contribution in [0.2, 0.25) is 0 Å². The van der Waals surface area contributed by atoms with Gasteiger partial charge in [-0.1, -0.05) is 0 Å². The number of benzene rings is 1. The number of hydrazone groups is 1. The number of hydrogen-bond donors (Lipinski definition) is 0. The van der Waals surface area contributed by atoms with Crippen LogP contribution >= 0.6 is 0 Å². The molecule has 0 fully saturated rings. The van der Waals surface area contributed by atoms with E-state index >= 15 is 0 Å². The highest BCUT2D eigenvalue weighted by atomic mass is 19.1. The molecule has 0 heterocycles. The van der Waals surface area contributed by atoms with E-state index in [0.29, 0.717) is 12.2 Å². The Morgan fingerprint density at radius 1 is 1.23 bits per heavy atom. The minimum Gasteiger partial charge on any atom is -0.456 e. The van der Waals surface area contributed by atoms with E-state index in [1.165, 1.54) is 11.9 Å². The lowest BCUT2D eigenvalue weighted by Gasteiger charge is -2.24. The van der Waals surface area contributed by atoms with E-state index < -0.39 is 28.8 Å². The van der Waals surface area contributed by atoms with Crippen molar-refractivity contribution in [1.29, 1.82) is 0 Å². The highest BCUT2D eigenvalue weighted by Gasteiger charge is 2.23. The minimum atomic E-state index is -0.949. The number of esters is 1. The number of rotatable bonds is 5. The maximum atomic E-state index is 14.4. The van der Waals surface area contributed by atoms with E-state index in [1.807, 2.05) is 0 Å². The maximum Gasteiger partial charge on any atom is 0.341 e. The Morgan fingerprint density at radius 2 is 1.81 bits per heavy atom. The number of halogens is 2. The van der Waals surface area contributed by atoms with Gasteiger partial charge in [-0.05, 0) is 47.6 Å². The molecule has 0 saturated heterocycles. The van der Waals surface area contributed by atoms with Crippen LogP contribution in [0.1, 0.15) is 51.9 Å². The molecule has 0 spiro atoms. The topological polar surface area (TPSA) is 62.2 Å². The van der Waals surface area contributed by atoms with Crippen molar-refractivity contribution < 1.29 is 23.1 Å². The van der Waals surface area contributed by atoms with E-state index in [0.717, 1.165) is 17.1 Å². The van der Waals surface area contributed by atoms with Gasteiger partial charge in [-0.15, -0.1) is 0 Å². The number of ether oxygens (including phenoxy) is 1. The van der Waals surface area contributed by atoms with E-state index in [1.54, 1.807) is 41.5 Å². The van der Waals surface area contributed by atoms with Gasteiger partial charge in [0.25, 0.3) is 0 Å². The number of amides is 1. The smallest absolute Gasteiger partial charge is 0.341 e. The quantitative estimate of drug-likeness (QED) is 0.262. The predicted octanol–water partition coefficient (Wildman–Crippen LogP) is 3.56. The second-order valence-corrected chi connectivity index (χ2v) is 7.06. The van der Waals surface area contributed by atoms with Crippen LogP contribution in [-0.2, 0) is 9.53 Å². The van der Waals surface area contributed by atoms with Crippen LogP contribution in [0.4, 0.5) is 14.5 Å². The molecule has 0 aliphatic carbocycles. The van der Waals surface area contributed by atoms with Crippen molar-refractivity contribution in [2.75, 3.05) is 12.1 Å². The number of anilines is 1. The maximum absolute atomic E-state index is 14.4. The first kappa shape index (κ1) is 21.5. The molecule has 8 heteroatoms. The normalized spacial score (nSPS) is 12.2. The fourth-order valence-electron chi connectivity index (χ4n) is 2.17. The monoisotopic (exact) mass is 369 g/mol. The molecule has 26 heavy (non-hydrogen) atoms. The molecule has 0 radical (unpaired) electrons. The van der Waals surface area contributed by atoms with E-state index in [4.69, 9.17) is 4.74 Å². The number of hydrogen-bond acceptors (Lipinski definition) is 5. The Hall–Kier alpha value is -2.51. The first-order chi connectivity index (χ1) is 11.9. The Labute approximate surface area is 152 Å². The zero-order valence-corrected chi connectivity index (χ0v) is 16.1. The number of nitrogens with zero attached hydrogens (tertiary/aromatic N) is 3. The Balaban J connectivity index is 3.18. The van der Waals surface area contributed by atoms with E-state index in [2.05, 4.69) is 5.10 Å². The number of carbonyl (C=O) groups is 2. The molecule has 1 amide bonds. The summed E-state index contributed by atoms with van der Waals surface area (Å²) >= 11 is 0. The van der Waals surface area contributed by atoms with Crippen molar-refractivity contribution in [2.45, 2.75) is 53.2 Å². The highest BCUT2D eigenvalue weighted by Crippen LogP contribution is 2.24. The molecule has 0 saturated carbocycles. The van der Waals surface area contributed by atoms with Gasteiger partial charge in [0.15, 0.2) is 0 Å². The first-order valence-corrected chi connectivity index (χ1v) is 8.12. The Bertz CT molecular complexity index is 712. The molecule has 0 unspecified atom stereocenters. The summed E-state index contributed by atoms with van der Waals surface area (Å²) in [5.74, 6) is -2.40. The fourth-order valence-corrected chi connectivity index (χ4v) is 2.17. The Morgan fingerprint density at radius 3 is 2.27 bits per heavy atom. The second kappa shape index (κ2) is 8.25. The zero-order chi connectivity index (χ0) is 20.2. The lowest BCUT2D eigenvalue weighted by Crippen LogP contribution is -2.35. The van der Waals surface area contributed by atoms with Crippen LogP contribution in [0, 0.1) is 11.6 Å². The molecule has 144 valence electrons. The molecule has 0 atom stereocenters. The van der Waals surface area contributed by atoms with E-state index in [-0.39, 0.29) is 11.7 Å². The molecule has 0 aliphatic rings. The molecule has 0 aliphatic heterocycles. The number of amidine groups is 1. The van der Waals surface area contributed by atoms with Crippen molar-refractivity contribution in [3.05, 3.63) is 29.3 Å². The van der Waals surface area contributed by atoms with Crippen molar-refractivity contribution in [3.63, 3.8) is 0 Å². The van der Waals surface area contributed by atoms with Gasteiger partial charge in [0.2, 0.25) is 6.41 Å². The zero-order valence-electron chi connectivity index (χ0n) is 16.1. The third kappa shape index (κ3) is 5.50. The third-order valence-corrected chi connectivity index (χ3v) is 3.34. The van der Waals surface area contributed by atoms with Crippen molar-refractivity contribution >= 4 is 23.9 Å². The largest absolute Gasteiger partial charge is 0.456 e. The third-order valence-electron chi connectivity index (χ3n) is 3.34. The van der Waals surface area contributed by atoms with Crippen LogP contribution in [0.5, 0.6) is 0 Å². The van der Waals surface area contributed by atoms with Crippen LogP contribution in [-0.4, -0.2) is 41.8 Å². The van der Waals surface area contributed by atoms with Gasteiger partial charge in [0.1, 0.15) is 23.1 Å². The molecule has 6 nitrogen and oxygen atoms in total. The summed E-state index contributed by atoms with van der Waals surface area (Å²) < 4.78 is 33.8. The molecular formula is C18H25F2N3O3. The minimum absolute atomic E-state index is 0.138. The van der Waals surface area contributed by atoms with Gasteiger partial charge in [-0.3, -0.25) is 14.7 Å². The van der Waals surface area contributed by atoms with Gasteiger partial charge in [-0.2, -0.15) is 5.10 Å². The molecule has 0 N–H and O–H groups in total. The van der Waals surface area contributed by atoms with Crippen molar-refractivity contribution in [2.24, 2.45) is 5.10 Å². The predicted molar refractivity (Wildman–Crippen MR) is 96.1 cm³/mol. The summed E-state index contributed by atoms with van der Waals surface area (Å²) in [6.45, 7) is 10.1. The van der Waals surface area contributed by atoms with E-state index in [9.17, 15) is 18.4 Å².